The predicted octanol–water partition coefficient (Wildman–Crippen LogP) is 5.05. The minimum Gasteiger partial charge on any atom is -0.378 e. The Hall–Kier alpha value is -1.17. The van der Waals surface area contributed by atoms with E-state index in [1.807, 2.05) is 32.0 Å². The molecule has 0 saturated heterocycles. The molecule has 0 heterocycles. The normalized spacial score (nSPS) is 12.3. The van der Waals surface area contributed by atoms with Gasteiger partial charge in [0.05, 0.1) is 6.04 Å². The maximum Gasteiger partial charge on any atom is 0.164 e. The smallest absolute Gasteiger partial charge is 0.164 e. The minimum absolute atomic E-state index is 0.297. The van der Waals surface area contributed by atoms with Gasteiger partial charge < -0.3 is 5.32 Å². The predicted molar refractivity (Wildman–Crippen MR) is 82.3 cm³/mol. The maximum absolute atomic E-state index is 13.7. The van der Waals surface area contributed by atoms with Crippen molar-refractivity contribution < 1.29 is 8.78 Å². The highest BCUT2D eigenvalue weighted by Gasteiger charge is 2.14. The van der Waals surface area contributed by atoms with E-state index in [1.54, 1.807) is 6.07 Å². The first-order valence-electron chi connectivity index (χ1n) is 5.95. The van der Waals surface area contributed by atoms with E-state index in [1.165, 1.54) is 11.6 Å². The van der Waals surface area contributed by atoms with Crippen LogP contribution in [0.15, 0.2) is 36.4 Å². The molecule has 4 heteroatoms. The van der Waals surface area contributed by atoms with Crippen LogP contribution in [0.1, 0.15) is 24.1 Å². The average molecular weight is 373 g/mol. The van der Waals surface area contributed by atoms with Crippen molar-refractivity contribution in [2.45, 2.75) is 19.9 Å². The fourth-order valence-electron chi connectivity index (χ4n) is 1.87. The molecule has 2 aromatic rings. The lowest BCUT2D eigenvalue weighted by Gasteiger charge is -2.17. The topological polar surface area (TPSA) is 12.0 Å². The van der Waals surface area contributed by atoms with Crippen molar-refractivity contribution in [1.29, 1.82) is 0 Å². The number of benzene rings is 2. The standard InChI is InChI=1S/C15H14F2IN/c1-9-6-7-11(8-14(9)18)19-10(2)12-4-3-5-13(16)15(12)17/h3-8,10,19H,1-2H3. The van der Waals surface area contributed by atoms with E-state index in [0.29, 0.717) is 5.56 Å². The van der Waals surface area contributed by atoms with Crippen LogP contribution in [0, 0.1) is 22.1 Å². The molecule has 2 aromatic carbocycles. The average Bonchev–Trinajstić information content (AvgIpc) is 2.37. The highest BCUT2D eigenvalue weighted by molar-refractivity contribution is 14.1. The molecule has 1 atom stereocenters. The summed E-state index contributed by atoms with van der Waals surface area (Å²) in [7, 11) is 0. The molecule has 0 amide bonds. The second-order valence-corrected chi connectivity index (χ2v) is 5.64. The Morgan fingerprint density at radius 2 is 1.89 bits per heavy atom. The van der Waals surface area contributed by atoms with Crippen LogP contribution in [0.2, 0.25) is 0 Å². The van der Waals surface area contributed by atoms with Crippen LogP contribution in [0.4, 0.5) is 14.5 Å². The monoisotopic (exact) mass is 373 g/mol. The van der Waals surface area contributed by atoms with E-state index in [-0.39, 0.29) is 6.04 Å². The molecule has 0 bridgehead atoms. The number of anilines is 1. The Bertz CT molecular complexity index is 599. The van der Waals surface area contributed by atoms with Gasteiger partial charge in [-0.15, -0.1) is 0 Å². The second-order valence-electron chi connectivity index (χ2n) is 4.47. The van der Waals surface area contributed by atoms with Gasteiger partial charge in [0.2, 0.25) is 0 Å². The Kier molecular flexibility index (Phi) is 4.39. The largest absolute Gasteiger partial charge is 0.378 e. The molecule has 0 fully saturated rings. The Balaban J connectivity index is 2.23. The third-order valence-electron chi connectivity index (χ3n) is 3.00. The Morgan fingerprint density at radius 3 is 2.58 bits per heavy atom. The summed E-state index contributed by atoms with van der Waals surface area (Å²) in [5.41, 5.74) is 2.41. The van der Waals surface area contributed by atoms with E-state index in [4.69, 9.17) is 0 Å². The summed E-state index contributed by atoms with van der Waals surface area (Å²) in [5.74, 6) is -1.60. The highest BCUT2D eigenvalue weighted by atomic mass is 127. The molecular weight excluding hydrogens is 359 g/mol. The lowest BCUT2D eigenvalue weighted by molar-refractivity contribution is 0.494. The molecule has 1 unspecified atom stereocenters. The summed E-state index contributed by atoms with van der Waals surface area (Å²) in [6, 6.07) is 9.86. The molecule has 0 aliphatic carbocycles. The third-order valence-corrected chi connectivity index (χ3v) is 4.17. The molecule has 0 radical (unpaired) electrons. The van der Waals surface area contributed by atoms with Crippen molar-refractivity contribution in [3.05, 3.63) is 62.7 Å². The van der Waals surface area contributed by atoms with Gasteiger partial charge in [-0.1, -0.05) is 18.2 Å². The van der Waals surface area contributed by atoms with E-state index >= 15 is 0 Å². The van der Waals surface area contributed by atoms with Gasteiger partial charge in [0.25, 0.3) is 0 Å². The van der Waals surface area contributed by atoms with Gasteiger partial charge in [0.15, 0.2) is 11.6 Å². The van der Waals surface area contributed by atoms with E-state index in [9.17, 15) is 8.78 Å². The van der Waals surface area contributed by atoms with Crippen molar-refractivity contribution in [2.75, 3.05) is 5.32 Å². The van der Waals surface area contributed by atoms with Crippen molar-refractivity contribution in [1.82, 2.24) is 0 Å². The molecule has 0 aliphatic rings. The molecule has 19 heavy (non-hydrogen) atoms. The van der Waals surface area contributed by atoms with Crippen molar-refractivity contribution in [3.63, 3.8) is 0 Å². The number of halogens is 3. The van der Waals surface area contributed by atoms with Crippen LogP contribution in [-0.2, 0) is 0 Å². The summed E-state index contributed by atoms with van der Waals surface area (Å²) in [6.45, 7) is 3.84. The molecule has 0 saturated carbocycles. The molecule has 1 nitrogen and oxygen atoms in total. The van der Waals surface area contributed by atoms with Crippen LogP contribution in [-0.4, -0.2) is 0 Å². The summed E-state index contributed by atoms with van der Waals surface area (Å²) in [4.78, 5) is 0. The van der Waals surface area contributed by atoms with Crippen LogP contribution < -0.4 is 5.32 Å². The fraction of sp³-hybridized carbons (Fsp3) is 0.200. The Labute approximate surface area is 125 Å². The summed E-state index contributed by atoms with van der Waals surface area (Å²) in [5, 5.41) is 3.18. The van der Waals surface area contributed by atoms with Gasteiger partial charge in [-0.2, -0.15) is 0 Å². The highest BCUT2D eigenvalue weighted by Crippen LogP contribution is 2.24. The number of rotatable bonds is 3. The lowest BCUT2D eigenvalue weighted by atomic mass is 10.1. The quantitative estimate of drug-likeness (QED) is 0.743. The number of hydrogen-bond acceptors (Lipinski definition) is 1. The van der Waals surface area contributed by atoms with Crippen LogP contribution in [0.25, 0.3) is 0 Å². The van der Waals surface area contributed by atoms with Crippen molar-refractivity contribution in [3.8, 4) is 0 Å². The molecule has 0 aromatic heterocycles. The van der Waals surface area contributed by atoms with Gasteiger partial charge in [-0.25, -0.2) is 8.78 Å². The number of hydrogen-bond donors (Lipinski definition) is 1. The molecule has 1 N–H and O–H groups in total. The Morgan fingerprint density at radius 1 is 1.16 bits per heavy atom. The van der Waals surface area contributed by atoms with Gasteiger partial charge in [0, 0.05) is 14.8 Å². The van der Waals surface area contributed by atoms with Crippen molar-refractivity contribution >= 4 is 28.3 Å². The van der Waals surface area contributed by atoms with Crippen LogP contribution in [0.5, 0.6) is 0 Å². The number of aryl methyl sites for hydroxylation is 1. The zero-order chi connectivity index (χ0) is 14.0. The first kappa shape index (κ1) is 14.2. The molecule has 2 rings (SSSR count). The van der Waals surface area contributed by atoms with Gasteiger partial charge in [-0.05, 0) is 60.2 Å². The second kappa shape index (κ2) is 5.86. The maximum atomic E-state index is 13.7. The zero-order valence-corrected chi connectivity index (χ0v) is 12.8. The van der Waals surface area contributed by atoms with E-state index in [2.05, 4.69) is 27.9 Å². The van der Waals surface area contributed by atoms with Gasteiger partial charge in [0.1, 0.15) is 0 Å². The van der Waals surface area contributed by atoms with Gasteiger partial charge in [-0.3, -0.25) is 0 Å². The van der Waals surface area contributed by atoms with E-state index in [0.717, 1.165) is 15.3 Å². The number of nitrogens with one attached hydrogen (secondary N) is 1. The summed E-state index contributed by atoms with van der Waals surface area (Å²) in [6.07, 6.45) is 0. The lowest BCUT2D eigenvalue weighted by Crippen LogP contribution is -2.09. The third kappa shape index (κ3) is 3.23. The van der Waals surface area contributed by atoms with Crippen LogP contribution in [0.3, 0.4) is 0 Å². The summed E-state index contributed by atoms with van der Waals surface area (Å²) >= 11 is 2.25. The zero-order valence-electron chi connectivity index (χ0n) is 10.7. The first-order chi connectivity index (χ1) is 8.99. The molecular formula is C15H14F2IN. The molecule has 0 aliphatic heterocycles. The summed E-state index contributed by atoms with van der Waals surface area (Å²) < 4.78 is 28.0. The van der Waals surface area contributed by atoms with Crippen molar-refractivity contribution in [2.24, 2.45) is 0 Å². The van der Waals surface area contributed by atoms with E-state index < -0.39 is 11.6 Å². The molecule has 0 spiro atoms. The fourth-order valence-corrected chi connectivity index (χ4v) is 2.38. The SMILES string of the molecule is Cc1ccc(NC(C)c2cccc(F)c2F)cc1I. The first-order valence-corrected chi connectivity index (χ1v) is 7.03. The molecule has 100 valence electrons. The minimum atomic E-state index is -0.815. The van der Waals surface area contributed by atoms with Crippen LogP contribution >= 0.6 is 22.6 Å². The van der Waals surface area contributed by atoms with Gasteiger partial charge >= 0.3 is 0 Å².